The predicted molar refractivity (Wildman–Crippen MR) is 109 cm³/mol. The Balaban J connectivity index is 1.49. The van der Waals surface area contributed by atoms with Gasteiger partial charge >= 0.3 is 0 Å². The van der Waals surface area contributed by atoms with Crippen LogP contribution in [0.5, 0.6) is 0 Å². The molecule has 138 valence electrons. The van der Waals surface area contributed by atoms with Gasteiger partial charge in [0.05, 0.1) is 5.69 Å². The zero-order valence-electron chi connectivity index (χ0n) is 15.6. The number of piperazine rings is 1. The van der Waals surface area contributed by atoms with E-state index < -0.39 is 0 Å². The first-order chi connectivity index (χ1) is 13.3. The lowest BCUT2D eigenvalue weighted by atomic mass is 10.0. The van der Waals surface area contributed by atoms with Crippen molar-refractivity contribution in [1.82, 2.24) is 15.1 Å². The Morgan fingerprint density at radius 1 is 0.926 bits per heavy atom. The Labute approximate surface area is 159 Å². The molecule has 0 bridgehead atoms. The van der Waals surface area contributed by atoms with Gasteiger partial charge < -0.3 is 9.80 Å². The molecule has 3 aromatic rings. The summed E-state index contributed by atoms with van der Waals surface area (Å²) in [6, 6.07) is 18.7. The zero-order valence-corrected chi connectivity index (χ0v) is 15.6. The molecule has 4 rings (SSSR count). The molecule has 0 saturated carbocycles. The summed E-state index contributed by atoms with van der Waals surface area (Å²) >= 11 is 0. The number of carbonyl (C=O) groups is 1. The summed E-state index contributed by atoms with van der Waals surface area (Å²) in [6.45, 7) is 5.16. The van der Waals surface area contributed by atoms with Crippen LogP contribution in [-0.4, -0.2) is 47.2 Å². The third-order valence-electron chi connectivity index (χ3n) is 5.14. The van der Waals surface area contributed by atoms with Crippen LogP contribution in [0.3, 0.4) is 0 Å². The minimum Gasteiger partial charge on any atom is -0.352 e. The average Bonchev–Trinajstić information content (AvgIpc) is 2.74. The molecule has 1 saturated heterocycles. The fourth-order valence-electron chi connectivity index (χ4n) is 3.64. The van der Waals surface area contributed by atoms with Gasteiger partial charge in [0.15, 0.2) is 5.82 Å². The first kappa shape index (κ1) is 17.5. The molecule has 0 aliphatic carbocycles. The first-order valence-corrected chi connectivity index (χ1v) is 9.61. The summed E-state index contributed by atoms with van der Waals surface area (Å²) in [4.78, 5) is 16.2. The number of hydrogen-bond donors (Lipinski definition) is 0. The number of benzene rings is 2. The summed E-state index contributed by atoms with van der Waals surface area (Å²) in [5, 5.41) is 11.3. The molecule has 2 aromatic carbocycles. The van der Waals surface area contributed by atoms with Crippen molar-refractivity contribution in [2.75, 3.05) is 31.1 Å². The second kappa shape index (κ2) is 7.74. The zero-order chi connectivity index (χ0) is 18.6. The van der Waals surface area contributed by atoms with Crippen molar-refractivity contribution in [3.05, 3.63) is 54.6 Å². The quantitative estimate of drug-likeness (QED) is 0.711. The summed E-state index contributed by atoms with van der Waals surface area (Å²) in [7, 11) is 0. The van der Waals surface area contributed by atoms with E-state index in [1.54, 1.807) is 0 Å². The monoisotopic (exact) mass is 360 g/mol. The van der Waals surface area contributed by atoms with E-state index in [1.807, 2.05) is 36.1 Å². The Bertz CT molecular complexity index is 925. The Morgan fingerprint density at radius 3 is 2.44 bits per heavy atom. The number of carbonyl (C=O) groups excluding carboxylic acids is 1. The van der Waals surface area contributed by atoms with Crippen molar-refractivity contribution in [2.45, 2.75) is 19.8 Å². The number of amides is 1. The third-order valence-corrected chi connectivity index (χ3v) is 5.14. The smallest absolute Gasteiger partial charge is 0.222 e. The fraction of sp³-hybridized carbons (Fsp3) is 0.318. The number of nitrogens with zero attached hydrogens (tertiary/aromatic N) is 4. The number of fused-ring (bicyclic) bond motifs is 1. The molecule has 0 unspecified atom stereocenters. The van der Waals surface area contributed by atoms with Gasteiger partial charge in [-0.15, -0.1) is 10.2 Å². The minimum absolute atomic E-state index is 0.259. The number of rotatable bonds is 4. The summed E-state index contributed by atoms with van der Waals surface area (Å²) in [6.07, 6.45) is 1.54. The first-order valence-electron chi connectivity index (χ1n) is 9.61. The van der Waals surface area contributed by atoms with E-state index in [-0.39, 0.29) is 5.91 Å². The molecule has 0 atom stereocenters. The molecule has 2 heterocycles. The largest absolute Gasteiger partial charge is 0.352 e. The standard InChI is InChI=1S/C22H24N4O/c1-2-6-22(27)26-15-13-25(14-16-26)21-12-11-20(23-24-21)19-10-5-8-17-7-3-4-9-18(17)19/h3-5,7-12H,2,6,13-16H2,1H3. The number of anilines is 1. The van der Waals surface area contributed by atoms with E-state index >= 15 is 0 Å². The van der Waals surface area contributed by atoms with Crippen molar-refractivity contribution in [3.8, 4) is 11.3 Å². The van der Waals surface area contributed by atoms with Gasteiger partial charge in [0, 0.05) is 38.2 Å². The average molecular weight is 360 g/mol. The molecule has 1 aliphatic rings. The lowest BCUT2D eigenvalue weighted by Gasteiger charge is -2.35. The second-order valence-electron chi connectivity index (χ2n) is 6.92. The molecule has 5 heteroatoms. The van der Waals surface area contributed by atoms with Crippen LogP contribution in [0.4, 0.5) is 5.82 Å². The normalized spacial score (nSPS) is 14.6. The van der Waals surface area contributed by atoms with Crippen LogP contribution in [0.15, 0.2) is 54.6 Å². The maximum Gasteiger partial charge on any atom is 0.222 e. The Hall–Kier alpha value is -2.95. The van der Waals surface area contributed by atoms with Gasteiger partial charge in [-0.05, 0) is 29.3 Å². The van der Waals surface area contributed by atoms with Gasteiger partial charge in [-0.25, -0.2) is 0 Å². The Morgan fingerprint density at radius 2 is 1.70 bits per heavy atom. The van der Waals surface area contributed by atoms with Crippen molar-refractivity contribution in [2.24, 2.45) is 0 Å². The molecule has 1 amide bonds. The topological polar surface area (TPSA) is 49.3 Å². The van der Waals surface area contributed by atoms with Crippen LogP contribution < -0.4 is 4.90 Å². The second-order valence-corrected chi connectivity index (χ2v) is 6.92. The van der Waals surface area contributed by atoms with E-state index in [0.29, 0.717) is 6.42 Å². The SMILES string of the molecule is CCCC(=O)N1CCN(c2ccc(-c3cccc4ccccc34)nn2)CC1. The molecule has 1 aromatic heterocycles. The van der Waals surface area contributed by atoms with E-state index in [9.17, 15) is 4.79 Å². The molecule has 1 fully saturated rings. The van der Waals surface area contributed by atoms with Gasteiger partial charge in [0.2, 0.25) is 5.91 Å². The number of aromatic nitrogens is 2. The minimum atomic E-state index is 0.259. The Kier molecular flexibility index (Phi) is 5.01. The van der Waals surface area contributed by atoms with Crippen LogP contribution in [0.1, 0.15) is 19.8 Å². The van der Waals surface area contributed by atoms with Crippen molar-refractivity contribution in [1.29, 1.82) is 0 Å². The number of hydrogen-bond acceptors (Lipinski definition) is 4. The van der Waals surface area contributed by atoms with Crippen LogP contribution in [0, 0.1) is 0 Å². The lowest BCUT2D eigenvalue weighted by Crippen LogP contribution is -2.49. The van der Waals surface area contributed by atoms with E-state index in [2.05, 4.69) is 45.4 Å². The lowest BCUT2D eigenvalue weighted by molar-refractivity contribution is -0.131. The van der Waals surface area contributed by atoms with E-state index in [4.69, 9.17) is 0 Å². The van der Waals surface area contributed by atoms with Gasteiger partial charge in [-0.3, -0.25) is 4.79 Å². The van der Waals surface area contributed by atoms with Crippen LogP contribution in [-0.2, 0) is 4.79 Å². The summed E-state index contributed by atoms with van der Waals surface area (Å²) < 4.78 is 0. The van der Waals surface area contributed by atoms with Crippen molar-refractivity contribution >= 4 is 22.5 Å². The molecule has 0 N–H and O–H groups in total. The predicted octanol–water partition coefficient (Wildman–Crippen LogP) is 3.75. The summed E-state index contributed by atoms with van der Waals surface area (Å²) in [5.74, 6) is 1.14. The molecular formula is C22H24N4O. The highest BCUT2D eigenvalue weighted by Gasteiger charge is 2.21. The highest BCUT2D eigenvalue weighted by atomic mass is 16.2. The van der Waals surface area contributed by atoms with Gasteiger partial charge in [-0.1, -0.05) is 49.4 Å². The molecule has 0 spiro atoms. The molecule has 1 aliphatic heterocycles. The summed E-state index contributed by atoms with van der Waals surface area (Å²) in [5.41, 5.74) is 1.98. The fourth-order valence-corrected chi connectivity index (χ4v) is 3.64. The molecular weight excluding hydrogens is 336 g/mol. The third kappa shape index (κ3) is 3.63. The van der Waals surface area contributed by atoms with E-state index in [1.165, 1.54) is 10.8 Å². The molecule has 0 radical (unpaired) electrons. The van der Waals surface area contributed by atoms with Crippen LogP contribution in [0.25, 0.3) is 22.0 Å². The van der Waals surface area contributed by atoms with Crippen molar-refractivity contribution < 1.29 is 4.79 Å². The van der Waals surface area contributed by atoms with Crippen LogP contribution in [0.2, 0.25) is 0 Å². The van der Waals surface area contributed by atoms with Crippen molar-refractivity contribution in [3.63, 3.8) is 0 Å². The maximum absolute atomic E-state index is 12.0. The highest BCUT2D eigenvalue weighted by molar-refractivity contribution is 5.95. The molecule has 27 heavy (non-hydrogen) atoms. The van der Waals surface area contributed by atoms with Gasteiger partial charge in [0.1, 0.15) is 0 Å². The maximum atomic E-state index is 12.0. The van der Waals surface area contributed by atoms with Gasteiger partial charge in [-0.2, -0.15) is 0 Å². The van der Waals surface area contributed by atoms with Crippen LogP contribution >= 0.6 is 0 Å². The molecule has 5 nitrogen and oxygen atoms in total. The van der Waals surface area contributed by atoms with E-state index in [0.717, 1.165) is 49.7 Å². The highest BCUT2D eigenvalue weighted by Crippen LogP contribution is 2.27. The van der Waals surface area contributed by atoms with Gasteiger partial charge in [0.25, 0.3) is 0 Å².